The molecule has 1 aromatic rings. The molecule has 4 heteroatoms. The summed E-state index contributed by atoms with van der Waals surface area (Å²) in [5, 5.41) is 0. The molecule has 2 rings (SSSR count). The first kappa shape index (κ1) is 13.6. The summed E-state index contributed by atoms with van der Waals surface area (Å²) in [7, 11) is 1.59. The molecule has 1 saturated heterocycles. The number of benzene rings is 1. The monoisotopic (exact) mass is 312 g/mol. The van der Waals surface area contributed by atoms with E-state index in [-0.39, 0.29) is 5.78 Å². The number of Topliss-reactive ketones (excluding diaryl/α,β-unsaturated/α-hetero) is 1. The highest BCUT2D eigenvalue weighted by Gasteiger charge is 2.20. The van der Waals surface area contributed by atoms with Crippen LogP contribution in [0, 0.1) is 5.92 Å². The molecule has 18 heavy (non-hydrogen) atoms. The van der Waals surface area contributed by atoms with Gasteiger partial charge in [-0.3, -0.25) is 4.79 Å². The zero-order valence-electron chi connectivity index (χ0n) is 10.4. The number of carbonyl (C=O) groups is 1. The van der Waals surface area contributed by atoms with Gasteiger partial charge in [-0.2, -0.15) is 0 Å². The van der Waals surface area contributed by atoms with Crippen LogP contribution < -0.4 is 4.74 Å². The maximum atomic E-state index is 12.3. The molecule has 0 N–H and O–H groups in total. The average Bonchev–Trinajstić information content (AvgIpc) is 2.40. The van der Waals surface area contributed by atoms with Gasteiger partial charge >= 0.3 is 0 Å². The van der Waals surface area contributed by atoms with Gasteiger partial charge in [-0.05, 0) is 37.0 Å². The molecular weight excluding hydrogens is 296 g/mol. The third-order valence-electron chi connectivity index (χ3n) is 3.28. The fourth-order valence-electron chi connectivity index (χ4n) is 2.22. The van der Waals surface area contributed by atoms with Gasteiger partial charge in [0.2, 0.25) is 0 Å². The second kappa shape index (κ2) is 6.34. The van der Waals surface area contributed by atoms with E-state index in [0.717, 1.165) is 30.5 Å². The molecular formula is C14H17BrO3. The van der Waals surface area contributed by atoms with Crippen LogP contribution in [0.3, 0.4) is 0 Å². The number of ether oxygens (including phenoxy) is 2. The fraction of sp³-hybridized carbons (Fsp3) is 0.500. The standard InChI is InChI=1S/C14H17BrO3/c1-17-14-3-2-11(15)9-12(14)13(16)8-10-4-6-18-7-5-10/h2-3,9-10H,4-8H2,1H3. The van der Waals surface area contributed by atoms with Gasteiger partial charge in [0.15, 0.2) is 5.78 Å². The van der Waals surface area contributed by atoms with E-state index in [1.165, 1.54) is 0 Å². The largest absolute Gasteiger partial charge is 0.496 e. The molecule has 0 amide bonds. The summed E-state index contributed by atoms with van der Waals surface area (Å²) in [6, 6.07) is 5.53. The molecule has 0 aromatic heterocycles. The Morgan fingerprint density at radius 3 is 2.83 bits per heavy atom. The molecule has 0 bridgehead atoms. The third-order valence-corrected chi connectivity index (χ3v) is 3.77. The van der Waals surface area contributed by atoms with Crippen molar-refractivity contribution in [2.75, 3.05) is 20.3 Å². The zero-order valence-corrected chi connectivity index (χ0v) is 12.0. The SMILES string of the molecule is COc1ccc(Br)cc1C(=O)CC1CCOCC1. The highest BCUT2D eigenvalue weighted by atomic mass is 79.9. The zero-order chi connectivity index (χ0) is 13.0. The van der Waals surface area contributed by atoms with Crippen molar-refractivity contribution in [2.45, 2.75) is 19.3 Å². The predicted octanol–water partition coefficient (Wildman–Crippen LogP) is 3.46. The number of rotatable bonds is 4. The van der Waals surface area contributed by atoms with Crippen LogP contribution in [0.2, 0.25) is 0 Å². The van der Waals surface area contributed by atoms with Crippen molar-refractivity contribution in [2.24, 2.45) is 5.92 Å². The van der Waals surface area contributed by atoms with Crippen LogP contribution in [-0.2, 0) is 4.74 Å². The summed E-state index contributed by atoms with van der Waals surface area (Å²) in [4.78, 5) is 12.3. The maximum Gasteiger partial charge on any atom is 0.166 e. The second-order valence-corrected chi connectivity index (χ2v) is 5.44. The van der Waals surface area contributed by atoms with Crippen molar-refractivity contribution in [3.63, 3.8) is 0 Å². The average molecular weight is 313 g/mol. The van der Waals surface area contributed by atoms with E-state index in [1.807, 2.05) is 18.2 Å². The summed E-state index contributed by atoms with van der Waals surface area (Å²) < 4.78 is 11.5. The van der Waals surface area contributed by atoms with Crippen molar-refractivity contribution < 1.29 is 14.3 Å². The van der Waals surface area contributed by atoms with Crippen molar-refractivity contribution in [3.8, 4) is 5.75 Å². The molecule has 0 radical (unpaired) electrons. The summed E-state index contributed by atoms with van der Waals surface area (Å²) in [6.07, 6.45) is 2.53. The van der Waals surface area contributed by atoms with Gasteiger partial charge < -0.3 is 9.47 Å². The molecule has 3 nitrogen and oxygen atoms in total. The Balaban J connectivity index is 2.09. The smallest absolute Gasteiger partial charge is 0.166 e. The van der Waals surface area contributed by atoms with Crippen molar-refractivity contribution in [1.29, 1.82) is 0 Å². The minimum atomic E-state index is 0.153. The lowest BCUT2D eigenvalue weighted by atomic mass is 9.92. The van der Waals surface area contributed by atoms with E-state index in [2.05, 4.69) is 15.9 Å². The Kier molecular flexibility index (Phi) is 4.78. The van der Waals surface area contributed by atoms with E-state index in [1.54, 1.807) is 7.11 Å². The number of hydrogen-bond acceptors (Lipinski definition) is 3. The van der Waals surface area contributed by atoms with Crippen LogP contribution in [0.15, 0.2) is 22.7 Å². The van der Waals surface area contributed by atoms with Crippen LogP contribution in [0.1, 0.15) is 29.6 Å². The number of methoxy groups -OCH3 is 1. The lowest BCUT2D eigenvalue weighted by Crippen LogP contribution is -2.19. The summed E-state index contributed by atoms with van der Waals surface area (Å²) in [5.41, 5.74) is 0.665. The van der Waals surface area contributed by atoms with Gasteiger partial charge in [-0.15, -0.1) is 0 Å². The van der Waals surface area contributed by atoms with Crippen LogP contribution in [0.4, 0.5) is 0 Å². The molecule has 0 aliphatic carbocycles. The molecule has 0 saturated carbocycles. The van der Waals surface area contributed by atoms with E-state index < -0.39 is 0 Å². The lowest BCUT2D eigenvalue weighted by molar-refractivity contribution is 0.0600. The van der Waals surface area contributed by atoms with Gasteiger partial charge in [-0.25, -0.2) is 0 Å². The minimum absolute atomic E-state index is 0.153. The van der Waals surface area contributed by atoms with Crippen LogP contribution >= 0.6 is 15.9 Å². The molecule has 1 aromatic carbocycles. The molecule has 1 heterocycles. The first-order valence-electron chi connectivity index (χ1n) is 6.15. The van der Waals surface area contributed by atoms with Crippen molar-refractivity contribution >= 4 is 21.7 Å². The lowest BCUT2D eigenvalue weighted by Gasteiger charge is -2.21. The van der Waals surface area contributed by atoms with Crippen molar-refractivity contribution in [3.05, 3.63) is 28.2 Å². The van der Waals surface area contributed by atoms with Crippen LogP contribution in [-0.4, -0.2) is 26.1 Å². The van der Waals surface area contributed by atoms with Gasteiger partial charge in [0.05, 0.1) is 12.7 Å². The quantitative estimate of drug-likeness (QED) is 0.799. The van der Waals surface area contributed by atoms with Gasteiger partial charge in [-0.1, -0.05) is 15.9 Å². The molecule has 1 aliphatic rings. The highest BCUT2D eigenvalue weighted by molar-refractivity contribution is 9.10. The van der Waals surface area contributed by atoms with Gasteiger partial charge in [0.1, 0.15) is 5.75 Å². The van der Waals surface area contributed by atoms with E-state index >= 15 is 0 Å². The maximum absolute atomic E-state index is 12.3. The minimum Gasteiger partial charge on any atom is -0.496 e. The Labute approximate surface area is 116 Å². The second-order valence-electron chi connectivity index (χ2n) is 4.53. The molecule has 1 aliphatic heterocycles. The fourth-order valence-corrected chi connectivity index (χ4v) is 2.58. The van der Waals surface area contributed by atoms with Crippen molar-refractivity contribution in [1.82, 2.24) is 0 Å². The van der Waals surface area contributed by atoms with Gasteiger partial charge in [0, 0.05) is 24.1 Å². The number of hydrogen-bond donors (Lipinski definition) is 0. The first-order chi connectivity index (χ1) is 8.70. The number of ketones is 1. The normalized spacial score (nSPS) is 16.6. The van der Waals surface area contributed by atoms with Crippen LogP contribution in [0.25, 0.3) is 0 Å². The van der Waals surface area contributed by atoms with E-state index in [9.17, 15) is 4.79 Å². The Morgan fingerprint density at radius 2 is 2.17 bits per heavy atom. The molecule has 0 atom stereocenters. The number of carbonyl (C=O) groups excluding carboxylic acids is 1. The molecule has 0 spiro atoms. The number of halogens is 1. The Hall–Kier alpha value is -0.870. The van der Waals surface area contributed by atoms with E-state index in [0.29, 0.717) is 23.7 Å². The topological polar surface area (TPSA) is 35.5 Å². The van der Waals surface area contributed by atoms with Crippen LogP contribution in [0.5, 0.6) is 5.75 Å². The molecule has 1 fully saturated rings. The van der Waals surface area contributed by atoms with E-state index in [4.69, 9.17) is 9.47 Å². The predicted molar refractivity (Wildman–Crippen MR) is 73.2 cm³/mol. The Bertz CT molecular complexity index is 425. The third kappa shape index (κ3) is 3.33. The first-order valence-corrected chi connectivity index (χ1v) is 6.94. The summed E-state index contributed by atoms with van der Waals surface area (Å²) in [5.74, 6) is 1.24. The highest BCUT2D eigenvalue weighted by Crippen LogP contribution is 2.27. The molecule has 98 valence electrons. The summed E-state index contributed by atoms with van der Waals surface area (Å²) in [6.45, 7) is 1.54. The van der Waals surface area contributed by atoms with Gasteiger partial charge in [0.25, 0.3) is 0 Å². The Morgan fingerprint density at radius 1 is 1.44 bits per heavy atom. The summed E-state index contributed by atoms with van der Waals surface area (Å²) >= 11 is 3.39. The molecule has 0 unspecified atom stereocenters.